The normalized spacial score (nSPS) is 16.3. The number of nitrogens with zero attached hydrogens (tertiary/aromatic N) is 2. The van der Waals surface area contributed by atoms with Gasteiger partial charge < -0.3 is 28.0 Å². The van der Waals surface area contributed by atoms with E-state index in [-0.39, 0.29) is 18.0 Å². The first-order valence-electron chi connectivity index (χ1n) is 19.3. The number of esters is 2. The number of hydrogen-bond acceptors (Lipinski definition) is 12. The van der Waals surface area contributed by atoms with E-state index >= 15 is 0 Å². The summed E-state index contributed by atoms with van der Waals surface area (Å²) in [7, 11) is -1.82. The van der Waals surface area contributed by atoms with Crippen LogP contribution in [0, 0.1) is 0 Å². The Bertz CT molecular complexity index is 1850. The standard InChI is InChI=1S/C19H24ClNO4.C16H20ClNO4.C7H15O4P/c1-5-24-17(22)9-8-16-11-14-10-15(20)7-6-13(14)12-21(16)18(23)25-19(2,3)4;1-16(2,3)22-15(20)18-9-10-5-6-12(17)7-11(10)8-13(18)14(19)21-4;1-4-10-12(9,11-5-2)6-7(3)8/h6-10,16H,5,11-12H2,1-4H3;5-7,13H,8-9H2,1-4H3;4-6H2,1-3H3/b9-8+;;/t16-;13-;/m01./s1. The van der Waals surface area contributed by atoms with Crippen molar-refractivity contribution in [3.63, 3.8) is 0 Å². The summed E-state index contributed by atoms with van der Waals surface area (Å²) in [5, 5.41) is 1.26. The van der Waals surface area contributed by atoms with E-state index in [0.29, 0.717) is 55.8 Å². The number of fused-ring (bicyclic) bond motifs is 2. The zero-order valence-corrected chi connectivity index (χ0v) is 38.3. The fourth-order valence-electron chi connectivity index (χ4n) is 5.85. The SMILES string of the molecule is CCOC(=O)/C=C/[C@H]1Cc2cc(Cl)ccc2CN1C(=O)OC(C)(C)C.CCOP(=O)(CC(C)=O)OCC.COC(=O)[C@H]1Cc2cc(Cl)ccc2CN1C(=O)OC(C)(C)C. The van der Waals surface area contributed by atoms with Crippen molar-refractivity contribution in [2.24, 2.45) is 0 Å². The molecule has 17 heteroatoms. The predicted octanol–water partition coefficient (Wildman–Crippen LogP) is 9.14. The molecule has 0 bridgehead atoms. The average Bonchev–Trinajstić information content (AvgIpc) is 3.11. The summed E-state index contributed by atoms with van der Waals surface area (Å²) in [5.41, 5.74) is 2.77. The molecule has 0 N–H and O–H groups in total. The summed E-state index contributed by atoms with van der Waals surface area (Å²) >= 11 is 12.1. The summed E-state index contributed by atoms with van der Waals surface area (Å²) in [6, 6.07) is 10.1. The minimum atomic E-state index is -3.12. The maximum atomic E-state index is 12.6. The van der Waals surface area contributed by atoms with Crippen LogP contribution in [-0.4, -0.2) is 96.1 Å². The Labute approximate surface area is 358 Å². The van der Waals surface area contributed by atoms with E-state index in [9.17, 15) is 28.5 Å². The molecule has 2 aromatic carbocycles. The number of ketones is 1. The number of halogens is 2. The molecule has 0 fully saturated rings. The summed E-state index contributed by atoms with van der Waals surface area (Å²) in [4.78, 5) is 62.4. The van der Waals surface area contributed by atoms with Crippen LogP contribution >= 0.6 is 30.8 Å². The molecule has 2 aliphatic rings. The van der Waals surface area contributed by atoms with Crippen LogP contribution in [0.2, 0.25) is 10.0 Å². The summed E-state index contributed by atoms with van der Waals surface area (Å²) in [6.45, 7) is 19.0. The zero-order valence-electron chi connectivity index (χ0n) is 35.9. The summed E-state index contributed by atoms with van der Waals surface area (Å²) in [5.74, 6) is -1.07. The maximum Gasteiger partial charge on any atom is 0.411 e. The van der Waals surface area contributed by atoms with Crippen molar-refractivity contribution in [2.45, 2.75) is 118 Å². The number of benzene rings is 2. The molecule has 0 radical (unpaired) electrons. The Kier molecular flexibility index (Phi) is 20.1. The predicted molar refractivity (Wildman–Crippen MR) is 226 cm³/mol. The molecule has 2 amide bonds. The molecule has 0 saturated carbocycles. The number of carbonyl (C=O) groups is 5. The fourth-order valence-corrected chi connectivity index (χ4v) is 7.83. The fraction of sp³-hybridized carbons (Fsp3) is 0.548. The van der Waals surface area contributed by atoms with Gasteiger partial charge in [-0.25, -0.2) is 19.2 Å². The Morgan fingerprint density at radius 3 is 1.66 bits per heavy atom. The average molecular weight is 886 g/mol. The first kappa shape index (κ1) is 51.2. The zero-order chi connectivity index (χ0) is 44.7. The second-order valence-electron chi connectivity index (χ2n) is 15.5. The molecule has 14 nitrogen and oxygen atoms in total. The highest BCUT2D eigenvalue weighted by atomic mass is 35.5. The Hall–Kier alpha value is -3.94. The number of amides is 2. The molecule has 2 atom stereocenters. The van der Waals surface area contributed by atoms with Crippen LogP contribution in [0.25, 0.3) is 0 Å². The van der Waals surface area contributed by atoms with Crippen LogP contribution in [0.4, 0.5) is 9.59 Å². The van der Waals surface area contributed by atoms with E-state index in [0.717, 1.165) is 22.3 Å². The molecule has 0 aliphatic carbocycles. The number of Topliss-reactive ketones (excluding diaryl/α,β-unsaturated/α-hetero) is 1. The van der Waals surface area contributed by atoms with Crippen molar-refractivity contribution < 1.29 is 56.5 Å². The third-order valence-corrected chi connectivity index (χ3v) is 10.8. The van der Waals surface area contributed by atoms with Gasteiger partial charge in [0.25, 0.3) is 0 Å². The van der Waals surface area contributed by atoms with E-state index in [2.05, 4.69) is 0 Å². The molecule has 328 valence electrons. The van der Waals surface area contributed by atoms with Gasteiger partial charge in [-0.1, -0.05) is 41.4 Å². The maximum absolute atomic E-state index is 12.6. The van der Waals surface area contributed by atoms with Crippen LogP contribution in [-0.2, 0) is 72.9 Å². The molecule has 59 heavy (non-hydrogen) atoms. The molecule has 0 aromatic heterocycles. The van der Waals surface area contributed by atoms with Gasteiger partial charge in [0.2, 0.25) is 0 Å². The molecule has 2 heterocycles. The van der Waals surface area contributed by atoms with Crippen molar-refractivity contribution in [1.29, 1.82) is 0 Å². The van der Waals surface area contributed by atoms with E-state index in [4.69, 9.17) is 51.2 Å². The van der Waals surface area contributed by atoms with Gasteiger partial charge in [0, 0.05) is 29.1 Å². The lowest BCUT2D eigenvalue weighted by Gasteiger charge is -2.36. The molecular formula is C42H59Cl2N2O12P. The van der Waals surface area contributed by atoms with Crippen LogP contribution in [0.5, 0.6) is 0 Å². The van der Waals surface area contributed by atoms with Gasteiger partial charge in [-0.3, -0.25) is 19.2 Å². The minimum absolute atomic E-state index is 0.130. The largest absolute Gasteiger partial charge is 0.467 e. The van der Waals surface area contributed by atoms with Crippen LogP contribution in [0.3, 0.4) is 0 Å². The van der Waals surface area contributed by atoms with Crippen molar-refractivity contribution in [3.8, 4) is 0 Å². The van der Waals surface area contributed by atoms with Gasteiger partial charge >= 0.3 is 31.7 Å². The molecule has 2 aromatic rings. The number of rotatable bonds is 10. The lowest BCUT2D eigenvalue weighted by molar-refractivity contribution is -0.147. The van der Waals surface area contributed by atoms with Crippen LogP contribution < -0.4 is 0 Å². The molecule has 2 aliphatic heterocycles. The van der Waals surface area contributed by atoms with Crippen molar-refractivity contribution in [3.05, 3.63) is 80.8 Å². The number of carbonyl (C=O) groups excluding carboxylic acids is 5. The molecular weight excluding hydrogens is 826 g/mol. The lowest BCUT2D eigenvalue weighted by Crippen LogP contribution is -2.50. The lowest BCUT2D eigenvalue weighted by atomic mass is 9.94. The number of ether oxygens (including phenoxy) is 4. The third-order valence-electron chi connectivity index (χ3n) is 8.18. The van der Waals surface area contributed by atoms with Gasteiger partial charge in [-0.15, -0.1) is 0 Å². The van der Waals surface area contributed by atoms with E-state index in [1.165, 1.54) is 25.0 Å². The Morgan fingerprint density at radius 1 is 0.746 bits per heavy atom. The molecule has 4 rings (SSSR count). The van der Waals surface area contributed by atoms with E-state index in [1.807, 2.05) is 51.1 Å². The van der Waals surface area contributed by atoms with Gasteiger partial charge in [0.05, 0.1) is 39.5 Å². The quantitative estimate of drug-likeness (QED) is 0.0964. The number of methoxy groups -OCH3 is 1. The molecule has 0 unspecified atom stereocenters. The molecule has 0 saturated heterocycles. The van der Waals surface area contributed by atoms with Gasteiger partial charge in [-0.2, -0.15) is 0 Å². The van der Waals surface area contributed by atoms with Crippen molar-refractivity contribution in [1.82, 2.24) is 9.80 Å². The Balaban J connectivity index is 0.000000324. The van der Waals surface area contributed by atoms with Crippen LogP contribution in [0.15, 0.2) is 48.6 Å². The minimum Gasteiger partial charge on any atom is -0.467 e. The second kappa shape index (κ2) is 23.2. The van der Waals surface area contributed by atoms with Crippen molar-refractivity contribution >= 4 is 60.7 Å². The highest BCUT2D eigenvalue weighted by Crippen LogP contribution is 2.47. The van der Waals surface area contributed by atoms with Gasteiger partial charge in [0.15, 0.2) is 0 Å². The highest BCUT2D eigenvalue weighted by Gasteiger charge is 2.38. The van der Waals surface area contributed by atoms with Crippen LogP contribution in [0.1, 0.15) is 91.5 Å². The highest BCUT2D eigenvalue weighted by molar-refractivity contribution is 7.54. The second-order valence-corrected chi connectivity index (χ2v) is 18.4. The van der Waals surface area contributed by atoms with E-state index < -0.39 is 49.0 Å². The monoisotopic (exact) mass is 884 g/mol. The first-order valence-corrected chi connectivity index (χ1v) is 21.8. The molecule has 0 spiro atoms. The van der Waals surface area contributed by atoms with Gasteiger partial charge in [-0.05, 0) is 122 Å². The first-order chi connectivity index (χ1) is 27.4. The van der Waals surface area contributed by atoms with Gasteiger partial charge in [0.1, 0.15) is 29.2 Å². The summed E-state index contributed by atoms with van der Waals surface area (Å²) < 4.78 is 42.0. The number of hydrogen-bond donors (Lipinski definition) is 0. The summed E-state index contributed by atoms with van der Waals surface area (Å²) in [6.07, 6.45) is 2.91. The van der Waals surface area contributed by atoms with Crippen molar-refractivity contribution in [2.75, 3.05) is 33.1 Å². The topological polar surface area (TPSA) is 164 Å². The smallest absolute Gasteiger partial charge is 0.411 e. The Morgan fingerprint density at radius 2 is 1.22 bits per heavy atom. The van der Waals surface area contributed by atoms with E-state index in [1.54, 1.807) is 58.6 Å². The third kappa shape index (κ3) is 17.7.